The molecule has 1 aromatic carbocycles. The molecule has 0 aliphatic carbocycles. The van der Waals surface area contributed by atoms with Gasteiger partial charge in [0.1, 0.15) is 0 Å². The Bertz CT molecular complexity index is 675. The Morgan fingerprint density at radius 3 is 2.76 bits per heavy atom. The number of aromatic nitrogens is 6. The molecule has 0 spiro atoms. The van der Waals surface area contributed by atoms with Crippen LogP contribution in [0.25, 0.3) is 5.69 Å². The van der Waals surface area contributed by atoms with E-state index in [-0.39, 0.29) is 0 Å². The van der Waals surface area contributed by atoms with Crippen molar-refractivity contribution in [1.29, 1.82) is 0 Å². The van der Waals surface area contributed by atoms with Crippen LogP contribution in [0.5, 0.6) is 0 Å². The summed E-state index contributed by atoms with van der Waals surface area (Å²) in [5.41, 5.74) is 7.77. The second-order valence-corrected chi connectivity index (χ2v) is 5.32. The Morgan fingerprint density at radius 1 is 1.19 bits per heavy atom. The van der Waals surface area contributed by atoms with Gasteiger partial charge in [0.25, 0.3) is 0 Å². The molecule has 21 heavy (non-hydrogen) atoms. The van der Waals surface area contributed by atoms with Crippen LogP contribution in [-0.2, 0) is 12.3 Å². The van der Waals surface area contributed by atoms with E-state index in [1.165, 1.54) is 5.56 Å². The highest BCUT2D eigenvalue weighted by molar-refractivity contribution is 7.98. The predicted octanol–water partition coefficient (Wildman–Crippen LogP) is 1.11. The number of thioether (sulfide) groups is 1. The van der Waals surface area contributed by atoms with Crippen LogP contribution < -0.4 is 5.73 Å². The minimum Gasteiger partial charge on any atom is -0.329 e. The molecular weight excluding hydrogens is 286 g/mol. The van der Waals surface area contributed by atoms with Crippen molar-refractivity contribution in [3.05, 3.63) is 48.3 Å². The van der Waals surface area contributed by atoms with Gasteiger partial charge in [-0.3, -0.25) is 0 Å². The van der Waals surface area contributed by atoms with Crippen molar-refractivity contribution < 1.29 is 0 Å². The van der Waals surface area contributed by atoms with E-state index in [1.807, 2.05) is 29.1 Å². The van der Waals surface area contributed by atoms with E-state index in [0.29, 0.717) is 13.1 Å². The van der Waals surface area contributed by atoms with Gasteiger partial charge >= 0.3 is 0 Å². The SMILES string of the molecule is NCCn1nnnc1SCc1ccc(-n2cccn2)cc1. The Labute approximate surface area is 126 Å². The minimum absolute atomic E-state index is 0.525. The Hall–Kier alpha value is -2.19. The molecule has 8 heteroatoms. The van der Waals surface area contributed by atoms with Crippen LogP contribution in [0, 0.1) is 0 Å². The third-order valence-electron chi connectivity index (χ3n) is 2.91. The molecule has 2 heterocycles. The highest BCUT2D eigenvalue weighted by Gasteiger charge is 2.06. The fourth-order valence-corrected chi connectivity index (χ4v) is 2.74. The highest BCUT2D eigenvalue weighted by atomic mass is 32.2. The third-order valence-corrected chi connectivity index (χ3v) is 3.94. The fourth-order valence-electron chi connectivity index (χ4n) is 1.88. The molecule has 7 nitrogen and oxygen atoms in total. The maximum atomic E-state index is 5.53. The summed E-state index contributed by atoms with van der Waals surface area (Å²) in [6.45, 7) is 1.16. The molecule has 2 aromatic heterocycles. The normalized spacial score (nSPS) is 10.9. The average Bonchev–Trinajstić information content (AvgIpc) is 3.18. The lowest BCUT2D eigenvalue weighted by Crippen LogP contribution is -2.12. The zero-order valence-electron chi connectivity index (χ0n) is 11.3. The summed E-state index contributed by atoms with van der Waals surface area (Å²) in [4.78, 5) is 0. The number of hydrogen-bond acceptors (Lipinski definition) is 6. The summed E-state index contributed by atoms with van der Waals surface area (Å²) in [5.74, 6) is 0.810. The van der Waals surface area contributed by atoms with Gasteiger partial charge in [-0.1, -0.05) is 23.9 Å². The number of benzene rings is 1. The molecule has 0 aliphatic rings. The maximum absolute atomic E-state index is 5.53. The largest absolute Gasteiger partial charge is 0.329 e. The van der Waals surface area contributed by atoms with Crippen molar-refractivity contribution in [3.8, 4) is 5.69 Å². The molecule has 0 atom stereocenters. The van der Waals surface area contributed by atoms with Crippen LogP contribution in [0.4, 0.5) is 0 Å². The van der Waals surface area contributed by atoms with Crippen molar-refractivity contribution in [2.75, 3.05) is 6.54 Å². The number of nitrogens with zero attached hydrogens (tertiary/aromatic N) is 6. The Balaban J connectivity index is 1.64. The molecule has 0 bridgehead atoms. The van der Waals surface area contributed by atoms with Gasteiger partial charge in [0.15, 0.2) is 0 Å². The van der Waals surface area contributed by atoms with Gasteiger partial charge in [-0.15, -0.1) is 5.10 Å². The quantitative estimate of drug-likeness (QED) is 0.686. The molecule has 0 saturated heterocycles. The number of hydrogen-bond donors (Lipinski definition) is 1. The van der Waals surface area contributed by atoms with Gasteiger partial charge in [-0.2, -0.15) is 5.10 Å². The van der Waals surface area contributed by atoms with E-state index < -0.39 is 0 Å². The van der Waals surface area contributed by atoms with E-state index in [0.717, 1.165) is 16.6 Å². The van der Waals surface area contributed by atoms with Gasteiger partial charge < -0.3 is 5.73 Å². The van der Waals surface area contributed by atoms with Gasteiger partial charge in [-0.05, 0) is 34.2 Å². The smallest absolute Gasteiger partial charge is 0.209 e. The molecular formula is C13H15N7S. The van der Waals surface area contributed by atoms with Crippen LogP contribution in [0.3, 0.4) is 0 Å². The molecule has 0 saturated carbocycles. The molecule has 3 rings (SSSR count). The third kappa shape index (κ3) is 3.29. The fraction of sp³-hybridized carbons (Fsp3) is 0.231. The van der Waals surface area contributed by atoms with E-state index >= 15 is 0 Å². The molecule has 2 N–H and O–H groups in total. The minimum atomic E-state index is 0.525. The summed E-state index contributed by atoms with van der Waals surface area (Å²) in [6.07, 6.45) is 3.69. The average molecular weight is 301 g/mol. The molecule has 0 aliphatic heterocycles. The second kappa shape index (κ2) is 6.51. The summed E-state index contributed by atoms with van der Waals surface area (Å²) < 4.78 is 3.56. The van der Waals surface area contributed by atoms with Crippen LogP contribution in [0.1, 0.15) is 5.56 Å². The van der Waals surface area contributed by atoms with Crippen molar-refractivity contribution in [2.24, 2.45) is 5.73 Å². The van der Waals surface area contributed by atoms with Crippen LogP contribution in [0.15, 0.2) is 47.9 Å². The van der Waals surface area contributed by atoms with Gasteiger partial charge in [0, 0.05) is 24.7 Å². The van der Waals surface area contributed by atoms with Crippen molar-refractivity contribution >= 4 is 11.8 Å². The highest BCUT2D eigenvalue weighted by Crippen LogP contribution is 2.20. The second-order valence-electron chi connectivity index (χ2n) is 4.38. The Morgan fingerprint density at radius 2 is 2.05 bits per heavy atom. The maximum Gasteiger partial charge on any atom is 0.209 e. The molecule has 0 radical (unpaired) electrons. The van der Waals surface area contributed by atoms with Crippen molar-refractivity contribution in [1.82, 2.24) is 30.0 Å². The van der Waals surface area contributed by atoms with Crippen LogP contribution in [-0.4, -0.2) is 36.5 Å². The van der Waals surface area contributed by atoms with Gasteiger partial charge in [0.05, 0.1) is 12.2 Å². The zero-order chi connectivity index (χ0) is 14.5. The Kier molecular flexibility index (Phi) is 4.27. The predicted molar refractivity (Wildman–Crippen MR) is 80.0 cm³/mol. The molecule has 0 unspecified atom stereocenters. The van der Waals surface area contributed by atoms with Crippen molar-refractivity contribution in [2.45, 2.75) is 17.5 Å². The first kappa shape index (κ1) is 13.8. The lowest BCUT2D eigenvalue weighted by Gasteiger charge is -2.05. The zero-order valence-corrected chi connectivity index (χ0v) is 12.1. The first-order valence-electron chi connectivity index (χ1n) is 6.55. The number of rotatable bonds is 6. The van der Waals surface area contributed by atoms with Crippen molar-refractivity contribution in [3.63, 3.8) is 0 Å². The van der Waals surface area contributed by atoms with Crippen LogP contribution >= 0.6 is 11.8 Å². The number of nitrogens with two attached hydrogens (primary N) is 1. The van der Waals surface area contributed by atoms with E-state index in [2.05, 4.69) is 32.8 Å². The molecule has 0 amide bonds. The standard InChI is InChI=1S/C13H15N7S/c14-6-9-20-13(16-17-18-20)21-10-11-2-4-12(5-3-11)19-8-1-7-15-19/h1-5,7-8H,6,9-10,14H2. The lowest BCUT2D eigenvalue weighted by molar-refractivity contribution is 0.557. The van der Waals surface area contributed by atoms with Gasteiger partial charge in [-0.25, -0.2) is 9.36 Å². The van der Waals surface area contributed by atoms with Gasteiger partial charge in [0.2, 0.25) is 5.16 Å². The topological polar surface area (TPSA) is 87.4 Å². The monoisotopic (exact) mass is 301 g/mol. The summed E-state index contributed by atoms with van der Waals surface area (Å²) in [6, 6.07) is 10.2. The first-order chi connectivity index (χ1) is 10.4. The molecule has 0 fully saturated rings. The molecule has 3 aromatic rings. The number of tetrazole rings is 1. The first-order valence-corrected chi connectivity index (χ1v) is 7.53. The molecule has 108 valence electrons. The summed E-state index contributed by atoms with van der Waals surface area (Å²) >= 11 is 1.60. The summed E-state index contributed by atoms with van der Waals surface area (Å²) in [5, 5.41) is 16.6. The summed E-state index contributed by atoms with van der Waals surface area (Å²) in [7, 11) is 0. The lowest BCUT2D eigenvalue weighted by atomic mass is 10.2. The van der Waals surface area contributed by atoms with E-state index in [9.17, 15) is 0 Å². The van der Waals surface area contributed by atoms with E-state index in [4.69, 9.17) is 5.73 Å². The van der Waals surface area contributed by atoms with E-state index in [1.54, 1.807) is 22.6 Å². The van der Waals surface area contributed by atoms with Crippen LogP contribution in [0.2, 0.25) is 0 Å².